The molecule has 212 valence electrons. The summed E-state index contributed by atoms with van der Waals surface area (Å²) in [5.74, 6) is 0. The molecule has 44 heavy (non-hydrogen) atoms. The van der Waals surface area contributed by atoms with Gasteiger partial charge in [-0.3, -0.25) is 0 Å². The fourth-order valence-electron chi connectivity index (χ4n) is 7.17. The Bertz CT molecular complexity index is 2180. The molecule has 7 aromatic rings. The van der Waals surface area contributed by atoms with Crippen LogP contribution < -0.4 is 15.9 Å². The normalized spacial score (nSPS) is 12.9. The van der Waals surface area contributed by atoms with E-state index >= 15 is 4.57 Å². The van der Waals surface area contributed by atoms with Crippen LogP contribution in [0.2, 0.25) is 0 Å². The molecule has 1 aliphatic heterocycles. The molecule has 8 rings (SSSR count). The van der Waals surface area contributed by atoms with E-state index in [0.29, 0.717) is 13.2 Å². The second-order valence-corrected chi connectivity index (χ2v) is 14.2. The van der Waals surface area contributed by atoms with E-state index in [9.17, 15) is 0 Å². The summed E-state index contributed by atoms with van der Waals surface area (Å²) in [6.07, 6.45) is 0. The molecule has 7 aromatic carbocycles. The second kappa shape index (κ2) is 10.8. The van der Waals surface area contributed by atoms with Crippen molar-refractivity contribution in [2.24, 2.45) is 0 Å². The second-order valence-electron chi connectivity index (χ2n) is 11.5. The van der Waals surface area contributed by atoms with E-state index in [-0.39, 0.29) is 0 Å². The van der Waals surface area contributed by atoms with Crippen LogP contribution in [-0.4, -0.2) is 0 Å². The first-order valence-corrected chi connectivity index (χ1v) is 16.8. The van der Waals surface area contributed by atoms with Crippen molar-refractivity contribution in [3.63, 3.8) is 0 Å². The molecule has 3 heteroatoms. The summed E-state index contributed by atoms with van der Waals surface area (Å²) in [4.78, 5) is 0. The number of rotatable bonds is 5. The SMILES string of the molecule is Cc1c(-c2cccc3ccccc23)c2c(c(-c3cccc4ccccc34)c1P(=O)(c1ccccc1)c1ccccc1)COC2. The Morgan fingerprint density at radius 3 is 1.48 bits per heavy atom. The third kappa shape index (κ3) is 4.10. The zero-order valence-electron chi connectivity index (χ0n) is 24.5. The zero-order chi connectivity index (χ0) is 29.7. The highest BCUT2D eigenvalue weighted by molar-refractivity contribution is 7.85. The lowest BCUT2D eigenvalue weighted by molar-refractivity contribution is 0.135. The fourth-order valence-corrected chi connectivity index (χ4v) is 10.3. The molecule has 0 fully saturated rings. The Morgan fingerprint density at radius 1 is 0.500 bits per heavy atom. The summed E-state index contributed by atoms with van der Waals surface area (Å²) in [6, 6.07) is 50.1. The molecule has 0 radical (unpaired) electrons. The first kappa shape index (κ1) is 26.8. The van der Waals surface area contributed by atoms with E-state index in [0.717, 1.165) is 60.1 Å². The molecular formula is C41H31O2P. The van der Waals surface area contributed by atoms with Crippen LogP contribution in [0.4, 0.5) is 0 Å². The van der Waals surface area contributed by atoms with E-state index in [4.69, 9.17) is 4.74 Å². The molecule has 1 aliphatic rings. The van der Waals surface area contributed by atoms with Crippen molar-refractivity contribution in [1.29, 1.82) is 0 Å². The lowest BCUT2D eigenvalue weighted by Crippen LogP contribution is -2.29. The highest BCUT2D eigenvalue weighted by Crippen LogP contribution is 2.52. The van der Waals surface area contributed by atoms with E-state index in [1.165, 1.54) is 16.3 Å². The van der Waals surface area contributed by atoms with Crippen molar-refractivity contribution < 1.29 is 9.30 Å². The molecule has 0 saturated carbocycles. The third-order valence-corrected chi connectivity index (χ3v) is 12.3. The largest absolute Gasteiger partial charge is 0.372 e. The minimum Gasteiger partial charge on any atom is -0.372 e. The average Bonchev–Trinajstić information content (AvgIpc) is 3.57. The number of fused-ring (bicyclic) bond motifs is 3. The van der Waals surface area contributed by atoms with Crippen LogP contribution in [0.15, 0.2) is 146 Å². The molecular weight excluding hydrogens is 555 g/mol. The van der Waals surface area contributed by atoms with Crippen molar-refractivity contribution in [2.75, 3.05) is 0 Å². The van der Waals surface area contributed by atoms with E-state index in [1.807, 2.05) is 60.7 Å². The standard InChI is InChI=1S/C41H31O2P/c1-28-39(35-24-12-16-29-14-8-10-22-33(29)35)37-26-43-27-38(37)40(36-25-13-17-30-15-9-11-23-34(30)36)41(28)44(42,31-18-4-2-5-19-31)32-20-6-3-7-21-32/h2-25H,26-27H2,1H3. The highest BCUT2D eigenvalue weighted by atomic mass is 31.2. The molecule has 0 N–H and O–H groups in total. The van der Waals surface area contributed by atoms with Gasteiger partial charge in [0.15, 0.2) is 7.14 Å². The van der Waals surface area contributed by atoms with Gasteiger partial charge in [-0.1, -0.05) is 146 Å². The maximum atomic E-state index is 16.4. The van der Waals surface area contributed by atoms with Gasteiger partial charge in [0, 0.05) is 15.9 Å². The minimum atomic E-state index is -3.39. The topological polar surface area (TPSA) is 26.3 Å². The summed E-state index contributed by atoms with van der Waals surface area (Å²) < 4.78 is 22.7. The molecule has 0 bridgehead atoms. The number of ether oxygens (including phenoxy) is 1. The quantitative estimate of drug-likeness (QED) is 0.188. The molecule has 0 amide bonds. The van der Waals surface area contributed by atoms with Crippen LogP contribution in [0.5, 0.6) is 0 Å². The monoisotopic (exact) mass is 586 g/mol. The Hall–Kier alpha value is -4.75. The molecule has 2 nitrogen and oxygen atoms in total. The van der Waals surface area contributed by atoms with Gasteiger partial charge >= 0.3 is 0 Å². The van der Waals surface area contributed by atoms with Crippen molar-refractivity contribution in [3.05, 3.63) is 162 Å². The van der Waals surface area contributed by atoms with Crippen LogP contribution in [0.1, 0.15) is 16.7 Å². The highest BCUT2D eigenvalue weighted by Gasteiger charge is 2.39. The Morgan fingerprint density at radius 2 is 0.932 bits per heavy atom. The van der Waals surface area contributed by atoms with Gasteiger partial charge in [0.05, 0.1) is 13.2 Å². The van der Waals surface area contributed by atoms with Crippen molar-refractivity contribution >= 4 is 44.6 Å². The molecule has 0 aliphatic carbocycles. The maximum absolute atomic E-state index is 16.4. The number of hydrogen-bond donors (Lipinski definition) is 0. The minimum absolute atomic E-state index is 0.475. The average molecular weight is 587 g/mol. The molecule has 0 aromatic heterocycles. The first-order valence-electron chi connectivity index (χ1n) is 15.1. The van der Waals surface area contributed by atoms with E-state index in [1.54, 1.807) is 0 Å². The van der Waals surface area contributed by atoms with Crippen molar-refractivity contribution in [3.8, 4) is 22.3 Å². The van der Waals surface area contributed by atoms with Gasteiger partial charge in [-0.25, -0.2) is 0 Å². The predicted octanol–water partition coefficient (Wildman–Crippen LogP) is 9.31. The Balaban J connectivity index is 1.59. The lowest BCUT2D eigenvalue weighted by Gasteiger charge is -2.29. The maximum Gasteiger partial charge on any atom is 0.171 e. The van der Waals surface area contributed by atoms with Crippen LogP contribution in [0.3, 0.4) is 0 Å². The summed E-state index contributed by atoms with van der Waals surface area (Å²) in [5, 5.41) is 7.25. The van der Waals surface area contributed by atoms with E-state index < -0.39 is 7.14 Å². The smallest absolute Gasteiger partial charge is 0.171 e. The van der Waals surface area contributed by atoms with Crippen LogP contribution in [0, 0.1) is 6.92 Å². The van der Waals surface area contributed by atoms with Crippen LogP contribution >= 0.6 is 7.14 Å². The predicted molar refractivity (Wildman–Crippen MR) is 185 cm³/mol. The molecule has 0 unspecified atom stereocenters. The van der Waals surface area contributed by atoms with Crippen molar-refractivity contribution in [1.82, 2.24) is 0 Å². The van der Waals surface area contributed by atoms with Gasteiger partial charge in [0.25, 0.3) is 0 Å². The number of benzene rings is 7. The van der Waals surface area contributed by atoms with Crippen LogP contribution in [-0.2, 0) is 22.5 Å². The molecule has 0 spiro atoms. The van der Waals surface area contributed by atoms with Gasteiger partial charge in [-0.05, 0) is 67.4 Å². The summed E-state index contributed by atoms with van der Waals surface area (Å²) in [6.45, 7) is 3.18. The summed E-state index contributed by atoms with van der Waals surface area (Å²) in [5.41, 5.74) is 7.81. The Kier molecular flexibility index (Phi) is 6.56. The molecule has 0 atom stereocenters. The van der Waals surface area contributed by atoms with Crippen molar-refractivity contribution in [2.45, 2.75) is 20.1 Å². The first-order chi connectivity index (χ1) is 21.7. The van der Waals surface area contributed by atoms with Gasteiger partial charge in [-0.2, -0.15) is 0 Å². The van der Waals surface area contributed by atoms with Gasteiger partial charge < -0.3 is 9.30 Å². The molecule has 0 saturated heterocycles. The summed E-state index contributed by atoms with van der Waals surface area (Å²) in [7, 11) is -3.39. The summed E-state index contributed by atoms with van der Waals surface area (Å²) >= 11 is 0. The Labute approximate surface area is 258 Å². The van der Waals surface area contributed by atoms with E-state index in [2.05, 4.69) is 91.9 Å². The molecule has 1 heterocycles. The fraction of sp³-hybridized carbons (Fsp3) is 0.0732. The number of hydrogen-bond acceptors (Lipinski definition) is 2. The van der Waals surface area contributed by atoms with Gasteiger partial charge in [-0.15, -0.1) is 0 Å². The third-order valence-electron chi connectivity index (χ3n) is 9.10. The van der Waals surface area contributed by atoms with Gasteiger partial charge in [0.1, 0.15) is 0 Å². The zero-order valence-corrected chi connectivity index (χ0v) is 25.4. The van der Waals surface area contributed by atoms with Crippen LogP contribution in [0.25, 0.3) is 43.8 Å². The lowest BCUT2D eigenvalue weighted by atomic mass is 9.84. The van der Waals surface area contributed by atoms with Gasteiger partial charge in [0.2, 0.25) is 0 Å².